The summed E-state index contributed by atoms with van der Waals surface area (Å²) in [5.74, 6) is -0.836. The number of carbonyl (C=O) groups is 2. The van der Waals surface area contributed by atoms with E-state index in [0.717, 1.165) is 12.8 Å². The molecule has 1 aliphatic rings. The Bertz CT molecular complexity index is 357. The molecule has 4 heteroatoms. The average molecular weight is 340 g/mol. The maximum atomic E-state index is 11.9. The van der Waals surface area contributed by atoms with Gasteiger partial charge in [-0.3, -0.25) is 4.79 Å². The second-order valence-electron chi connectivity index (χ2n) is 7.22. The molecule has 0 aliphatic carbocycles. The third-order valence-corrected chi connectivity index (χ3v) is 5.12. The lowest BCUT2D eigenvalue weighted by Gasteiger charge is -2.38. The van der Waals surface area contributed by atoms with E-state index in [9.17, 15) is 9.59 Å². The second kappa shape index (κ2) is 13.3. The van der Waals surface area contributed by atoms with E-state index in [1.54, 1.807) is 0 Å². The molecule has 1 amide bonds. The summed E-state index contributed by atoms with van der Waals surface area (Å²) in [4.78, 5) is 24.3. The van der Waals surface area contributed by atoms with Crippen LogP contribution in [0.5, 0.6) is 0 Å². The van der Waals surface area contributed by atoms with E-state index in [2.05, 4.69) is 6.92 Å². The average Bonchev–Trinajstić information content (AvgIpc) is 2.50. The molecule has 0 unspecified atom stereocenters. The molecule has 0 aromatic heterocycles. The maximum Gasteiger partial charge on any atom is 0.326 e. The number of unbranched alkanes of at least 4 members (excludes halogenated alkanes) is 12. The van der Waals surface area contributed by atoms with Crippen LogP contribution in [0.4, 0.5) is 0 Å². The van der Waals surface area contributed by atoms with Gasteiger partial charge in [-0.15, -0.1) is 0 Å². The van der Waals surface area contributed by atoms with Gasteiger partial charge in [0.1, 0.15) is 6.04 Å². The van der Waals surface area contributed by atoms with Crippen LogP contribution in [0.1, 0.15) is 103 Å². The van der Waals surface area contributed by atoms with E-state index in [0.29, 0.717) is 19.4 Å². The topological polar surface area (TPSA) is 57.6 Å². The van der Waals surface area contributed by atoms with Crippen molar-refractivity contribution < 1.29 is 14.7 Å². The summed E-state index contributed by atoms with van der Waals surface area (Å²) in [6.45, 7) is 2.88. The quantitative estimate of drug-likeness (QED) is 0.420. The molecule has 1 rings (SSSR count). The van der Waals surface area contributed by atoms with Gasteiger partial charge in [0.2, 0.25) is 5.91 Å². The van der Waals surface area contributed by atoms with E-state index in [1.165, 1.54) is 75.5 Å². The molecule has 1 atom stereocenters. The first-order chi connectivity index (χ1) is 11.7. The number of carboxylic acid groups (broad SMARTS) is 1. The highest BCUT2D eigenvalue weighted by Crippen LogP contribution is 2.20. The summed E-state index contributed by atoms with van der Waals surface area (Å²) in [5.41, 5.74) is 0. The molecule has 1 N–H and O–H groups in total. The van der Waals surface area contributed by atoms with E-state index in [4.69, 9.17) is 5.11 Å². The molecular weight excluding hydrogens is 302 g/mol. The van der Waals surface area contributed by atoms with Crippen molar-refractivity contribution in [2.24, 2.45) is 0 Å². The predicted molar refractivity (Wildman–Crippen MR) is 98.1 cm³/mol. The molecule has 140 valence electrons. The molecule has 1 heterocycles. The highest BCUT2D eigenvalue weighted by atomic mass is 16.4. The van der Waals surface area contributed by atoms with Crippen LogP contribution >= 0.6 is 0 Å². The number of likely N-dealkylation sites (tertiary alicyclic amines) is 1. The monoisotopic (exact) mass is 339 g/mol. The lowest BCUT2D eigenvalue weighted by atomic mass is 10.0. The van der Waals surface area contributed by atoms with Gasteiger partial charge in [0.15, 0.2) is 0 Å². The van der Waals surface area contributed by atoms with Crippen LogP contribution in [0.15, 0.2) is 0 Å². The first-order valence-electron chi connectivity index (χ1n) is 10.2. The first-order valence-corrected chi connectivity index (χ1v) is 10.2. The first kappa shape index (κ1) is 21.0. The van der Waals surface area contributed by atoms with Crippen molar-refractivity contribution in [2.75, 3.05) is 6.54 Å². The molecule has 1 aliphatic heterocycles. The lowest BCUT2D eigenvalue weighted by molar-refractivity contribution is -0.157. The van der Waals surface area contributed by atoms with E-state index >= 15 is 0 Å². The van der Waals surface area contributed by atoms with Gasteiger partial charge in [0, 0.05) is 13.0 Å². The van der Waals surface area contributed by atoms with Crippen LogP contribution < -0.4 is 0 Å². The zero-order chi connectivity index (χ0) is 17.6. The third-order valence-electron chi connectivity index (χ3n) is 5.12. The van der Waals surface area contributed by atoms with Crippen molar-refractivity contribution in [1.29, 1.82) is 0 Å². The van der Waals surface area contributed by atoms with Gasteiger partial charge in [-0.2, -0.15) is 0 Å². The van der Waals surface area contributed by atoms with Crippen LogP contribution in [-0.2, 0) is 9.59 Å². The summed E-state index contributed by atoms with van der Waals surface area (Å²) in [6, 6.07) is -0.556. The zero-order valence-corrected chi connectivity index (χ0v) is 15.6. The summed E-state index contributed by atoms with van der Waals surface area (Å²) >= 11 is 0. The summed E-state index contributed by atoms with van der Waals surface area (Å²) in [5, 5.41) is 8.94. The maximum absolute atomic E-state index is 11.9. The minimum absolute atomic E-state index is 0.0247. The Kier molecular flexibility index (Phi) is 11.6. The SMILES string of the molecule is CCCCCCCCCCCCCCCC(=O)N1CC[C@H]1C(=O)O. The predicted octanol–water partition coefficient (Wildman–Crippen LogP) is 5.15. The molecule has 1 saturated heterocycles. The van der Waals surface area contributed by atoms with E-state index in [1.807, 2.05) is 0 Å². The molecule has 0 aromatic carbocycles. The largest absolute Gasteiger partial charge is 0.480 e. The highest BCUT2D eigenvalue weighted by molar-refractivity contribution is 5.85. The number of aliphatic carboxylic acids is 1. The van der Waals surface area contributed by atoms with Gasteiger partial charge >= 0.3 is 5.97 Å². The van der Waals surface area contributed by atoms with Crippen molar-refractivity contribution in [3.63, 3.8) is 0 Å². The number of hydrogen-bond acceptors (Lipinski definition) is 2. The Morgan fingerprint density at radius 3 is 1.67 bits per heavy atom. The van der Waals surface area contributed by atoms with Crippen molar-refractivity contribution in [3.05, 3.63) is 0 Å². The minimum atomic E-state index is -0.861. The summed E-state index contributed by atoms with van der Waals surface area (Å²) in [7, 11) is 0. The van der Waals surface area contributed by atoms with Gasteiger partial charge in [0.25, 0.3) is 0 Å². The van der Waals surface area contributed by atoms with Crippen molar-refractivity contribution in [2.45, 2.75) is 109 Å². The number of nitrogens with zero attached hydrogens (tertiary/aromatic N) is 1. The number of carboxylic acids is 1. The van der Waals surface area contributed by atoms with Crippen molar-refractivity contribution in [1.82, 2.24) is 4.90 Å². The molecule has 0 aromatic rings. The number of rotatable bonds is 15. The number of hydrogen-bond donors (Lipinski definition) is 1. The van der Waals surface area contributed by atoms with Crippen LogP contribution in [0.2, 0.25) is 0 Å². The Labute approximate surface area is 148 Å². The van der Waals surface area contributed by atoms with Crippen LogP contribution in [0.25, 0.3) is 0 Å². The van der Waals surface area contributed by atoms with Gasteiger partial charge in [-0.05, 0) is 12.8 Å². The van der Waals surface area contributed by atoms with Crippen LogP contribution in [0, 0.1) is 0 Å². The lowest BCUT2D eigenvalue weighted by Crippen LogP contribution is -2.55. The van der Waals surface area contributed by atoms with E-state index in [-0.39, 0.29) is 5.91 Å². The molecule has 0 bridgehead atoms. The summed E-state index contributed by atoms with van der Waals surface area (Å²) < 4.78 is 0. The Morgan fingerprint density at radius 2 is 1.29 bits per heavy atom. The van der Waals surface area contributed by atoms with Crippen molar-refractivity contribution in [3.8, 4) is 0 Å². The minimum Gasteiger partial charge on any atom is -0.480 e. The highest BCUT2D eigenvalue weighted by Gasteiger charge is 2.36. The Morgan fingerprint density at radius 1 is 0.833 bits per heavy atom. The standard InChI is InChI=1S/C20H37NO3/c1-2-3-4-5-6-7-8-9-10-11-12-13-14-15-19(22)21-17-16-18(21)20(23)24/h18H,2-17H2,1H3,(H,23,24)/t18-/m0/s1. The van der Waals surface area contributed by atoms with Crippen LogP contribution in [0.3, 0.4) is 0 Å². The van der Waals surface area contributed by atoms with Crippen molar-refractivity contribution >= 4 is 11.9 Å². The smallest absolute Gasteiger partial charge is 0.326 e. The number of amides is 1. The molecule has 4 nitrogen and oxygen atoms in total. The zero-order valence-electron chi connectivity index (χ0n) is 15.6. The summed E-state index contributed by atoms with van der Waals surface area (Å²) in [6.07, 6.45) is 17.9. The fourth-order valence-electron chi connectivity index (χ4n) is 3.38. The molecule has 0 radical (unpaired) electrons. The normalized spacial score (nSPS) is 16.9. The Hall–Kier alpha value is -1.06. The molecule has 0 saturated carbocycles. The van der Waals surface area contributed by atoms with Gasteiger partial charge in [-0.1, -0.05) is 84.0 Å². The molecule has 24 heavy (non-hydrogen) atoms. The molecular formula is C20H37NO3. The Balaban J connectivity index is 1.82. The fraction of sp³-hybridized carbons (Fsp3) is 0.900. The van der Waals surface area contributed by atoms with Gasteiger partial charge in [-0.25, -0.2) is 4.79 Å². The number of carbonyl (C=O) groups excluding carboxylic acids is 1. The molecule has 1 fully saturated rings. The van der Waals surface area contributed by atoms with Gasteiger partial charge in [0.05, 0.1) is 0 Å². The fourth-order valence-corrected chi connectivity index (χ4v) is 3.38. The molecule has 0 spiro atoms. The van der Waals surface area contributed by atoms with Gasteiger partial charge < -0.3 is 10.0 Å². The van der Waals surface area contributed by atoms with Crippen LogP contribution in [-0.4, -0.2) is 34.5 Å². The second-order valence-corrected chi connectivity index (χ2v) is 7.22. The third kappa shape index (κ3) is 8.70. The van der Waals surface area contributed by atoms with E-state index < -0.39 is 12.0 Å².